The van der Waals surface area contributed by atoms with Crippen LogP contribution in [0, 0.1) is 0 Å². The highest BCUT2D eigenvalue weighted by Crippen LogP contribution is 2.25. The number of hydrogen-bond donors (Lipinski definition) is 2. The Kier molecular flexibility index (Phi) is 8.81. The van der Waals surface area contributed by atoms with Crippen LogP contribution in [0.3, 0.4) is 0 Å². The van der Waals surface area contributed by atoms with Gasteiger partial charge in [0, 0.05) is 22.9 Å². The third kappa shape index (κ3) is 6.84. The SMILES string of the molecule is O=C(CCCCCCCCC(=O)c1cc(Cl)ccc1O)c1cc(Cl)ccc1O. The number of hydrogen-bond acceptors (Lipinski definition) is 4. The van der Waals surface area contributed by atoms with Crippen molar-refractivity contribution in [3.8, 4) is 11.5 Å². The second kappa shape index (κ2) is 11.1. The second-order valence-corrected chi connectivity index (χ2v) is 7.66. The first-order chi connectivity index (χ1) is 13.4. The lowest BCUT2D eigenvalue weighted by Crippen LogP contribution is -2.00. The van der Waals surface area contributed by atoms with E-state index in [0.29, 0.717) is 22.9 Å². The molecule has 2 rings (SSSR count). The molecule has 0 fully saturated rings. The van der Waals surface area contributed by atoms with Crippen LogP contribution in [0.25, 0.3) is 0 Å². The van der Waals surface area contributed by atoms with Gasteiger partial charge in [-0.3, -0.25) is 9.59 Å². The van der Waals surface area contributed by atoms with E-state index in [9.17, 15) is 19.8 Å². The molecule has 0 spiro atoms. The van der Waals surface area contributed by atoms with E-state index in [1.54, 1.807) is 12.1 Å². The molecule has 2 N–H and O–H groups in total. The number of Topliss-reactive ketones (excluding diaryl/α,β-unsaturated/α-hetero) is 2. The minimum absolute atomic E-state index is 0.0372. The Morgan fingerprint density at radius 2 is 1.00 bits per heavy atom. The van der Waals surface area contributed by atoms with Crippen LogP contribution in [0.5, 0.6) is 11.5 Å². The smallest absolute Gasteiger partial charge is 0.166 e. The highest BCUT2D eigenvalue weighted by molar-refractivity contribution is 6.31. The number of unbranched alkanes of at least 4 members (excludes halogenated alkanes) is 5. The van der Waals surface area contributed by atoms with Crippen molar-refractivity contribution < 1.29 is 19.8 Å². The van der Waals surface area contributed by atoms with Crippen molar-refractivity contribution in [1.29, 1.82) is 0 Å². The van der Waals surface area contributed by atoms with Crippen molar-refractivity contribution in [2.75, 3.05) is 0 Å². The number of carbonyl (C=O) groups is 2. The minimum atomic E-state index is -0.105. The predicted molar refractivity (Wildman–Crippen MR) is 112 cm³/mol. The summed E-state index contributed by atoms with van der Waals surface area (Å²) < 4.78 is 0. The Morgan fingerprint density at radius 1 is 0.643 bits per heavy atom. The molecule has 2 aromatic carbocycles. The first kappa shape index (κ1) is 22.3. The molecule has 2 aromatic rings. The van der Waals surface area contributed by atoms with Crippen LogP contribution < -0.4 is 0 Å². The third-order valence-electron chi connectivity index (χ3n) is 4.58. The van der Waals surface area contributed by atoms with Gasteiger partial charge in [-0.05, 0) is 49.2 Å². The molecule has 0 bridgehead atoms. The summed E-state index contributed by atoms with van der Waals surface area (Å²) in [7, 11) is 0. The molecule has 0 heterocycles. The van der Waals surface area contributed by atoms with Gasteiger partial charge in [0.25, 0.3) is 0 Å². The molecule has 4 nitrogen and oxygen atoms in total. The van der Waals surface area contributed by atoms with E-state index in [-0.39, 0.29) is 34.2 Å². The molecule has 6 heteroatoms. The largest absolute Gasteiger partial charge is 0.507 e. The van der Waals surface area contributed by atoms with Crippen molar-refractivity contribution >= 4 is 34.8 Å². The molecule has 28 heavy (non-hydrogen) atoms. The summed E-state index contributed by atoms with van der Waals surface area (Å²) >= 11 is 11.7. The molecule has 0 atom stereocenters. The zero-order chi connectivity index (χ0) is 20.5. The number of phenolic OH excluding ortho intramolecular Hbond substituents is 2. The molecule has 150 valence electrons. The van der Waals surface area contributed by atoms with E-state index in [0.717, 1.165) is 38.5 Å². The minimum Gasteiger partial charge on any atom is -0.507 e. The van der Waals surface area contributed by atoms with Gasteiger partial charge in [-0.25, -0.2) is 0 Å². The van der Waals surface area contributed by atoms with Crippen molar-refractivity contribution in [1.82, 2.24) is 0 Å². The predicted octanol–water partition coefficient (Wildman–Crippen LogP) is 6.59. The van der Waals surface area contributed by atoms with Crippen LogP contribution in [0.15, 0.2) is 36.4 Å². The summed E-state index contributed by atoms with van der Waals surface area (Å²) in [6, 6.07) is 8.94. The zero-order valence-electron chi connectivity index (χ0n) is 15.6. The summed E-state index contributed by atoms with van der Waals surface area (Å²) in [6.07, 6.45) is 6.03. The number of ketones is 2. The molecule has 0 radical (unpaired) electrons. The number of carbonyl (C=O) groups excluding carboxylic acids is 2. The highest BCUT2D eigenvalue weighted by atomic mass is 35.5. The lowest BCUT2D eigenvalue weighted by molar-refractivity contribution is 0.0966. The number of rotatable bonds is 11. The van der Waals surface area contributed by atoms with Gasteiger partial charge < -0.3 is 10.2 Å². The van der Waals surface area contributed by atoms with Crippen molar-refractivity contribution in [3.63, 3.8) is 0 Å². The summed E-state index contributed by atoms with van der Waals surface area (Å²) in [5.74, 6) is -0.284. The lowest BCUT2D eigenvalue weighted by Gasteiger charge is -2.06. The van der Waals surface area contributed by atoms with E-state index in [2.05, 4.69) is 0 Å². The number of benzene rings is 2. The van der Waals surface area contributed by atoms with Crippen LogP contribution in [-0.4, -0.2) is 21.8 Å². The van der Waals surface area contributed by atoms with Gasteiger partial charge in [-0.1, -0.05) is 48.9 Å². The Balaban J connectivity index is 1.59. The molecule has 0 aliphatic rings. The van der Waals surface area contributed by atoms with E-state index in [4.69, 9.17) is 23.2 Å². The molecular weight excluding hydrogens is 399 g/mol. The molecular formula is C22H24Cl2O4. The normalized spacial score (nSPS) is 10.8. The summed E-state index contributed by atoms with van der Waals surface area (Å²) in [5.41, 5.74) is 0.547. The third-order valence-corrected chi connectivity index (χ3v) is 5.05. The molecule has 0 aliphatic heterocycles. The van der Waals surface area contributed by atoms with Gasteiger partial charge in [-0.15, -0.1) is 0 Å². The Hall–Kier alpha value is -2.04. The fourth-order valence-electron chi connectivity index (χ4n) is 3.01. The van der Waals surface area contributed by atoms with Crippen molar-refractivity contribution in [2.45, 2.75) is 51.4 Å². The van der Waals surface area contributed by atoms with Gasteiger partial charge in [0.1, 0.15) is 11.5 Å². The first-order valence-corrected chi connectivity index (χ1v) is 10.2. The van der Waals surface area contributed by atoms with Crippen LogP contribution in [-0.2, 0) is 0 Å². The highest BCUT2D eigenvalue weighted by Gasteiger charge is 2.12. The summed E-state index contributed by atoms with van der Waals surface area (Å²) in [4.78, 5) is 24.3. The molecule has 0 saturated heterocycles. The average molecular weight is 423 g/mol. The maximum atomic E-state index is 12.1. The zero-order valence-corrected chi connectivity index (χ0v) is 17.1. The monoisotopic (exact) mass is 422 g/mol. The van der Waals surface area contributed by atoms with Crippen LogP contribution in [0.4, 0.5) is 0 Å². The Labute approximate surface area is 175 Å². The van der Waals surface area contributed by atoms with Gasteiger partial charge >= 0.3 is 0 Å². The number of aromatic hydroxyl groups is 2. The average Bonchev–Trinajstić information content (AvgIpc) is 2.67. The quantitative estimate of drug-likeness (QED) is 0.316. The van der Waals surface area contributed by atoms with Crippen LogP contribution in [0.2, 0.25) is 10.0 Å². The lowest BCUT2D eigenvalue weighted by atomic mass is 10.0. The van der Waals surface area contributed by atoms with E-state index < -0.39 is 0 Å². The van der Waals surface area contributed by atoms with Crippen LogP contribution >= 0.6 is 23.2 Å². The van der Waals surface area contributed by atoms with E-state index >= 15 is 0 Å². The first-order valence-electron chi connectivity index (χ1n) is 9.42. The maximum absolute atomic E-state index is 12.1. The molecule has 0 saturated carbocycles. The maximum Gasteiger partial charge on any atom is 0.166 e. The topological polar surface area (TPSA) is 74.6 Å². The summed E-state index contributed by atoms with van der Waals surface area (Å²) in [6.45, 7) is 0. The van der Waals surface area contributed by atoms with Crippen molar-refractivity contribution in [3.05, 3.63) is 57.6 Å². The fourth-order valence-corrected chi connectivity index (χ4v) is 3.35. The molecule has 0 aromatic heterocycles. The van der Waals surface area contributed by atoms with Gasteiger partial charge in [0.05, 0.1) is 11.1 Å². The Morgan fingerprint density at radius 3 is 1.39 bits per heavy atom. The van der Waals surface area contributed by atoms with E-state index in [1.165, 1.54) is 24.3 Å². The molecule has 0 amide bonds. The van der Waals surface area contributed by atoms with E-state index in [1.807, 2.05) is 0 Å². The van der Waals surface area contributed by atoms with Gasteiger partial charge in [0.15, 0.2) is 11.6 Å². The fraction of sp³-hybridized carbons (Fsp3) is 0.364. The van der Waals surface area contributed by atoms with Crippen molar-refractivity contribution in [2.24, 2.45) is 0 Å². The standard InChI is InChI=1S/C22H24Cl2O4/c23-15-9-11-21(27)17(13-15)19(25)7-5-3-1-2-4-6-8-20(26)18-14-16(24)10-12-22(18)28/h9-14,27-28H,1-8H2. The second-order valence-electron chi connectivity index (χ2n) is 6.79. The molecule has 0 unspecified atom stereocenters. The number of phenols is 2. The van der Waals surface area contributed by atoms with Gasteiger partial charge in [-0.2, -0.15) is 0 Å². The summed E-state index contributed by atoms with van der Waals surface area (Å²) in [5, 5.41) is 20.3. The Bertz CT molecular complexity index is 764. The van der Waals surface area contributed by atoms with Gasteiger partial charge in [0.2, 0.25) is 0 Å². The molecule has 0 aliphatic carbocycles. The van der Waals surface area contributed by atoms with Crippen LogP contribution in [0.1, 0.15) is 72.1 Å². The number of halogens is 2.